The minimum absolute atomic E-state index is 0. The lowest BCUT2D eigenvalue weighted by molar-refractivity contribution is 0.482. The molecule has 6 heteroatoms. The molecule has 0 aromatic carbocycles. The molecule has 0 bridgehead atoms. The first-order valence-electron chi connectivity index (χ1n) is 4.66. The molecule has 0 spiro atoms. The molecule has 2 heterocycles. The van der Waals surface area contributed by atoms with Crippen molar-refractivity contribution in [2.45, 2.75) is 11.7 Å². The van der Waals surface area contributed by atoms with Gasteiger partial charge in [-0.2, -0.15) is 0 Å². The van der Waals surface area contributed by atoms with Crippen molar-refractivity contribution in [1.29, 1.82) is 0 Å². The van der Waals surface area contributed by atoms with Crippen molar-refractivity contribution in [2.24, 2.45) is 0 Å². The fourth-order valence-electron chi connectivity index (χ4n) is 1.69. The van der Waals surface area contributed by atoms with Crippen LogP contribution in [0.15, 0.2) is 22.8 Å². The molecular weight excluding hydrogens is 238 g/mol. The van der Waals surface area contributed by atoms with Crippen LogP contribution in [-0.4, -0.2) is 27.3 Å². The summed E-state index contributed by atoms with van der Waals surface area (Å²) in [5.74, 6) is 0.756. The number of furan rings is 1. The zero-order valence-corrected chi connectivity index (χ0v) is 9.81. The molecule has 1 unspecified atom stereocenters. The van der Waals surface area contributed by atoms with Crippen LogP contribution in [0.5, 0.6) is 0 Å². The summed E-state index contributed by atoms with van der Waals surface area (Å²) in [6.45, 7) is 1.27. The third kappa shape index (κ3) is 2.74. The molecule has 15 heavy (non-hydrogen) atoms. The Morgan fingerprint density at radius 1 is 1.40 bits per heavy atom. The Morgan fingerprint density at radius 3 is 2.87 bits per heavy atom. The molecule has 1 atom stereocenters. The SMILES string of the molecule is Cl.O=S1(=O)CCNCCC1c1ccco1. The minimum Gasteiger partial charge on any atom is -0.468 e. The van der Waals surface area contributed by atoms with Gasteiger partial charge >= 0.3 is 0 Å². The van der Waals surface area contributed by atoms with E-state index in [0.29, 0.717) is 18.7 Å². The second-order valence-electron chi connectivity index (χ2n) is 3.41. The summed E-state index contributed by atoms with van der Waals surface area (Å²) in [5.41, 5.74) is 0. The van der Waals surface area contributed by atoms with Crippen LogP contribution in [0, 0.1) is 0 Å². The van der Waals surface area contributed by atoms with Crippen LogP contribution in [0.1, 0.15) is 17.4 Å². The molecule has 2 rings (SSSR count). The smallest absolute Gasteiger partial charge is 0.161 e. The van der Waals surface area contributed by atoms with Gasteiger partial charge in [0.05, 0.1) is 12.0 Å². The van der Waals surface area contributed by atoms with E-state index < -0.39 is 15.1 Å². The third-order valence-electron chi connectivity index (χ3n) is 2.44. The lowest BCUT2D eigenvalue weighted by Crippen LogP contribution is -2.19. The Bertz CT molecular complexity index is 387. The highest BCUT2D eigenvalue weighted by Crippen LogP contribution is 2.27. The monoisotopic (exact) mass is 251 g/mol. The van der Waals surface area contributed by atoms with E-state index in [0.717, 1.165) is 6.54 Å². The average Bonchev–Trinajstić information content (AvgIpc) is 2.57. The van der Waals surface area contributed by atoms with Gasteiger partial charge in [-0.3, -0.25) is 0 Å². The fourth-order valence-corrected chi connectivity index (χ4v) is 3.37. The first-order chi connectivity index (χ1) is 6.70. The van der Waals surface area contributed by atoms with Gasteiger partial charge in [0.2, 0.25) is 0 Å². The fraction of sp³-hybridized carbons (Fsp3) is 0.556. The van der Waals surface area contributed by atoms with Gasteiger partial charge in [-0.25, -0.2) is 8.42 Å². The molecule has 1 aliphatic rings. The van der Waals surface area contributed by atoms with Crippen LogP contribution >= 0.6 is 12.4 Å². The molecule has 0 aliphatic carbocycles. The van der Waals surface area contributed by atoms with Gasteiger partial charge in [-0.05, 0) is 25.1 Å². The van der Waals surface area contributed by atoms with E-state index >= 15 is 0 Å². The lowest BCUT2D eigenvalue weighted by atomic mass is 10.2. The van der Waals surface area contributed by atoms with E-state index in [1.165, 1.54) is 6.26 Å². The molecule has 4 nitrogen and oxygen atoms in total. The van der Waals surface area contributed by atoms with Crippen LogP contribution < -0.4 is 5.32 Å². The number of hydrogen-bond donors (Lipinski definition) is 1. The molecule has 1 N–H and O–H groups in total. The molecular formula is C9H14ClNO3S. The molecule has 0 amide bonds. The van der Waals surface area contributed by atoms with Gasteiger partial charge in [0, 0.05) is 6.54 Å². The van der Waals surface area contributed by atoms with Crippen molar-refractivity contribution >= 4 is 22.2 Å². The maximum absolute atomic E-state index is 11.8. The second-order valence-corrected chi connectivity index (χ2v) is 5.71. The molecule has 0 saturated carbocycles. The van der Waals surface area contributed by atoms with E-state index in [-0.39, 0.29) is 18.2 Å². The highest BCUT2D eigenvalue weighted by Gasteiger charge is 2.30. The maximum atomic E-state index is 11.8. The molecule has 1 fully saturated rings. The normalized spacial score (nSPS) is 25.2. The summed E-state index contributed by atoms with van der Waals surface area (Å²) in [6, 6.07) is 3.46. The summed E-state index contributed by atoms with van der Waals surface area (Å²) in [5, 5.41) is 2.61. The Kier molecular flexibility index (Phi) is 4.19. The summed E-state index contributed by atoms with van der Waals surface area (Å²) in [4.78, 5) is 0. The highest BCUT2D eigenvalue weighted by molar-refractivity contribution is 7.91. The van der Waals surface area contributed by atoms with E-state index in [2.05, 4.69) is 5.32 Å². The number of sulfone groups is 1. The molecule has 86 valence electrons. The first-order valence-corrected chi connectivity index (χ1v) is 6.37. The summed E-state index contributed by atoms with van der Waals surface area (Å²) < 4.78 is 28.8. The van der Waals surface area contributed by atoms with Crippen molar-refractivity contribution in [3.8, 4) is 0 Å². The van der Waals surface area contributed by atoms with Crippen LogP contribution in [0.2, 0.25) is 0 Å². The van der Waals surface area contributed by atoms with Gasteiger partial charge in [0.1, 0.15) is 11.0 Å². The van der Waals surface area contributed by atoms with Gasteiger partial charge in [-0.1, -0.05) is 0 Å². The number of nitrogens with one attached hydrogen (secondary N) is 1. The Balaban J connectivity index is 0.00000112. The number of hydrogen-bond acceptors (Lipinski definition) is 4. The van der Waals surface area contributed by atoms with Crippen molar-refractivity contribution in [1.82, 2.24) is 5.32 Å². The van der Waals surface area contributed by atoms with E-state index in [9.17, 15) is 8.42 Å². The summed E-state index contributed by atoms with van der Waals surface area (Å²) in [6.07, 6.45) is 2.11. The zero-order chi connectivity index (χ0) is 10.0. The topological polar surface area (TPSA) is 59.3 Å². The first kappa shape index (κ1) is 12.5. The molecule has 1 aromatic heterocycles. The largest absolute Gasteiger partial charge is 0.468 e. The Hall–Kier alpha value is -0.520. The predicted octanol–water partition coefficient (Wildman–Crippen LogP) is 1.15. The van der Waals surface area contributed by atoms with Crippen LogP contribution in [0.3, 0.4) is 0 Å². The molecule has 1 aromatic rings. The van der Waals surface area contributed by atoms with E-state index in [1.54, 1.807) is 12.1 Å². The Labute approximate surface area is 95.4 Å². The minimum atomic E-state index is -3.04. The zero-order valence-electron chi connectivity index (χ0n) is 8.18. The van der Waals surface area contributed by atoms with Crippen molar-refractivity contribution in [3.63, 3.8) is 0 Å². The Morgan fingerprint density at radius 2 is 2.20 bits per heavy atom. The summed E-state index contributed by atoms with van der Waals surface area (Å²) >= 11 is 0. The van der Waals surface area contributed by atoms with Gasteiger partial charge in [0.25, 0.3) is 0 Å². The van der Waals surface area contributed by atoms with Crippen LogP contribution in [0.4, 0.5) is 0 Å². The van der Waals surface area contributed by atoms with E-state index in [1.807, 2.05) is 0 Å². The van der Waals surface area contributed by atoms with Crippen LogP contribution in [-0.2, 0) is 9.84 Å². The molecule has 1 aliphatic heterocycles. The average molecular weight is 252 g/mol. The van der Waals surface area contributed by atoms with Crippen molar-refractivity contribution in [3.05, 3.63) is 24.2 Å². The van der Waals surface area contributed by atoms with Gasteiger partial charge in [-0.15, -0.1) is 12.4 Å². The number of rotatable bonds is 1. The maximum Gasteiger partial charge on any atom is 0.161 e. The van der Waals surface area contributed by atoms with Crippen molar-refractivity contribution < 1.29 is 12.8 Å². The molecule has 1 saturated heterocycles. The van der Waals surface area contributed by atoms with Crippen LogP contribution in [0.25, 0.3) is 0 Å². The van der Waals surface area contributed by atoms with Gasteiger partial charge in [0.15, 0.2) is 9.84 Å². The number of halogens is 1. The summed E-state index contributed by atoms with van der Waals surface area (Å²) in [7, 11) is -3.04. The standard InChI is InChI=1S/C9H13NO3S.ClH/c11-14(12)7-5-10-4-3-9(14)8-2-1-6-13-8;/h1-2,6,9-10H,3-5,7H2;1H. The van der Waals surface area contributed by atoms with Gasteiger partial charge < -0.3 is 9.73 Å². The quantitative estimate of drug-likeness (QED) is 0.814. The third-order valence-corrected chi connectivity index (χ3v) is 4.55. The lowest BCUT2D eigenvalue weighted by Gasteiger charge is -2.10. The van der Waals surface area contributed by atoms with E-state index in [4.69, 9.17) is 4.42 Å². The van der Waals surface area contributed by atoms with Crippen molar-refractivity contribution in [2.75, 3.05) is 18.8 Å². The second kappa shape index (κ2) is 5.01. The predicted molar refractivity (Wildman–Crippen MR) is 60.0 cm³/mol. The highest BCUT2D eigenvalue weighted by atomic mass is 35.5. The molecule has 0 radical (unpaired) electrons.